The number of carbonyl (C=O) groups excluding carboxylic acids is 1. The first-order chi connectivity index (χ1) is 9.15. The maximum atomic E-state index is 12.2. The van der Waals surface area contributed by atoms with Gasteiger partial charge in [0.25, 0.3) is 0 Å². The van der Waals surface area contributed by atoms with Crippen LogP contribution in [0.1, 0.15) is 25.7 Å². The lowest BCUT2D eigenvalue weighted by Crippen LogP contribution is -2.42. The molecule has 0 radical (unpaired) electrons. The van der Waals surface area contributed by atoms with E-state index in [1.165, 1.54) is 0 Å². The molecule has 2 unspecified atom stereocenters. The molecule has 1 amide bonds. The number of rotatable bonds is 5. The van der Waals surface area contributed by atoms with Crippen LogP contribution in [0.25, 0.3) is 0 Å². The molecule has 2 N–H and O–H groups in total. The number of hydrogen-bond acceptors (Lipinski definition) is 4. The van der Waals surface area contributed by atoms with Crippen LogP contribution >= 0.6 is 11.8 Å². The van der Waals surface area contributed by atoms with Crippen LogP contribution in [0.3, 0.4) is 0 Å². The van der Waals surface area contributed by atoms with Crippen LogP contribution in [0.5, 0.6) is 0 Å². The standard InChI is InChI=1S/C13H22N2O3S/c16-12(7-11-9-19-6-4-14-11)15-5-3-10(8-15)1-2-13(17)18/h10-11,14H,1-9H2,(H,17,18). The van der Waals surface area contributed by atoms with Crippen molar-refractivity contribution in [1.82, 2.24) is 10.2 Å². The van der Waals surface area contributed by atoms with Gasteiger partial charge >= 0.3 is 5.97 Å². The lowest BCUT2D eigenvalue weighted by Gasteiger charge is -2.25. The molecule has 0 aromatic rings. The molecular weight excluding hydrogens is 264 g/mol. The molecule has 0 aromatic carbocycles. The minimum absolute atomic E-state index is 0.216. The molecule has 0 saturated carbocycles. The van der Waals surface area contributed by atoms with E-state index in [0.29, 0.717) is 24.8 Å². The third kappa shape index (κ3) is 4.69. The summed E-state index contributed by atoms with van der Waals surface area (Å²) in [5.74, 6) is 1.99. The lowest BCUT2D eigenvalue weighted by molar-refractivity contribution is -0.137. The predicted octanol–water partition coefficient (Wildman–Crippen LogP) is 0.795. The first-order valence-electron chi connectivity index (χ1n) is 6.96. The van der Waals surface area contributed by atoms with E-state index in [-0.39, 0.29) is 12.3 Å². The Balaban J connectivity index is 1.70. The van der Waals surface area contributed by atoms with Crippen molar-refractivity contribution in [2.45, 2.75) is 31.7 Å². The molecule has 2 aliphatic heterocycles. The Bertz CT molecular complexity index is 332. The van der Waals surface area contributed by atoms with E-state index < -0.39 is 5.97 Å². The number of nitrogens with one attached hydrogen (secondary N) is 1. The fourth-order valence-electron chi connectivity index (χ4n) is 2.71. The number of carbonyl (C=O) groups is 2. The van der Waals surface area contributed by atoms with Gasteiger partial charge < -0.3 is 15.3 Å². The van der Waals surface area contributed by atoms with Crippen LogP contribution in [-0.4, -0.2) is 59.1 Å². The Labute approximate surface area is 118 Å². The van der Waals surface area contributed by atoms with Crippen LogP contribution in [-0.2, 0) is 9.59 Å². The van der Waals surface area contributed by atoms with Gasteiger partial charge in [-0.1, -0.05) is 0 Å². The molecule has 19 heavy (non-hydrogen) atoms. The molecule has 0 spiro atoms. The highest BCUT2D eigenvalue weighted by Crippen LogP contribution is 2.22. The fourth-order valence-corrected chi connectivity index (χ4v) is 3.66. The lowest BCUT2D eigenvalue weighted by atomic mass is 10.0. The second kappa shape index (κ2) is 7.14. The first kappa shape index (κ1) is 14.7. The minimum atomic E-state index is -0.742. The summed E-state index contributed by atoms with van der Waals surface area (Å²) in [5.41, 5.74) is 0. The van der Waals surface area contributed by atoms with E-state index in [0.717, 1.165) is 37.6 Å². The summed E-state index contributed by atoms with van der Waals surface area (Å²) >= 11 is 1.90. The summed E-state index contributed by atoms with van der Waals surface area (Å²) in [7, 11) is 0. The number of hydrogen-bond donors (Lipinski definition) is 2. The molecule has 0 aromatic heterocycles. The summed E-state index contributed by atoms with van der Waals surface area (Å²) < 4.78 is 0. The summed E-state index contributed by atoms with van der Waals surface area (Å²) in [5, 5.41) is 12.1. The fraction of sp³-hybridized carbons (Fsp3) is 0.846. The predicted molar refractivity (Wildman–Crippen MR) is 75.3 cm³/mol. The van der Waals surface area contributed by atoms with Crippen molar-refractivity contribution in [3.8, 4) is 0 Å². The average molecular weight is 286 g/mol. The molecule has 5 nitrogen and oxygen atoms in total. The highest BCUT2D eigenvalue weighted by atomic mass is 32.2. The van der Waals surface area contributed by atoms with Crippen molar-refractivity contribution in [1.29, 1.82) is 0 Å². The van der Waals surface area contributed by atoms with Crippen LogP contribution < -0.4 is 5.32 Å². The Hall–Kier alpha value is -0.750. The van der Waals surface area contributed by atoms with Gasteiger partial charge in [0.15, 0.2) is 0 Å². The summed E-state index contributed by atoms with van der Waals surface area (Å²) in [6, 6.07) is 0.310. The normalized spacial score (nSPS) is 27.5. The quantitative estimate of drug-likeness (QED) is 0.782. The van der Waals surface area contributed by atoms with Gasteiger partial charge in [0.05, 0.1) is 0 Å². The van der Waals surface area contributed by atoms with E-state index >= 15 is 0 Å². The Morgan fingerprint density at radius 1 is 1.42 bits per heavy atom. The minimum Gasteiger partial charge on any atom is -0.481 e. The third-order valence-corrected chi connectivity index (χ3v) is 4.96. The second-order valence-corrected chi connectivity index (χ2v) is 6.51. The second-order valence-electron chi connectivity index (χ2n) is 5.36. The molecule has 2 fully saturated rings. The molecule has 2 aliphatic rings. The monoisotopic (exact) mass is 286 g/mol. The van der Waals surface area contributed by atoms with Crippen molar-refractivity contribution in [2.24, 2.45) is 5.92 Å². The maximum Gasteiger partial charge on any atom is 0.303 e. The van der Waals surface area contributed by atoms with Crippen LogP contribution in [0.15, 0.2) is 0 Å². The van der Waals surface area contributed by atoms with Gasteiger partial charge in [-0.2, -0.15) is 11.8 Å². The topological polar surface area (TPSA) is 69.6 Å². The smallest absolute Gasteiger partial charge is 0.303 e. The zero-order valence-corrected chi connectivity index (χ0v) is 12.0. The molecule has 6 heteroatoms. The van der Waals surface area contributed by atoms with E-state index in [1.54, 1.807) is 0 Å². The number of carboxylic acids is 1. The van der Waals surface area contributed by atoms with Crippen LogP contribution in [0.2, 0.25) is 0 Å². The van der Waals surface area contributed by atoms with E-state index in [9.17, 15) is 9.59 Å². The third-order valence-electron chi connectivity index (χ3n) is 3.82. The van der Waals surface area contributed by atoms with Gasteiger partial charge in [-0.15, -0.1) is 0 Å². The summed E-state index contributed by atoms with van der Waals surface area (Å²) in [4.78, 5) is 24.6. The van der Waals surface area contributed by atoms with E-state index in [4.69, 9.17) is 5.11 Å². The highest BCUT2D eigenvalue weighted by Gasteiger charge is 2.28. The summed E-state index contributed by atoms with van der Waals surface area (Å²) in [6.07, 6.45) is 2.44. The molecule has 0 aliphatic carbocycles. The number of thioether (sulfide) groups is 1. The van der Waals surface area contributed by atoms with Crippen molar-refractivity contribution in [2.75, 3.05) is 31.1 Å². The molecule has 2 rings (SSSR count). The number of nitrogens with zero attached hydrogens (tertiary/aromatic N) is 1. The largest absolute Gasteiger partial charge is 0.481 e. The SMILES string of the molecule is O=C(O)CCC1CCN(C(=O)CC2CSCCN2)C1. The number of carboxylic acid groups (broad SMARTS) is 1. The molecule has 108 valence electrons. The van der Waals surface area contributed by atoms with Crippen LogP contribution in [0, 0.1) is 5.92 Å². The Morgan fingerprint density at radius 2 is 2.26 bits per heavy atom. The molecular formula is C13H22N2O3S. The summed E-state index contributed by atoms with van der Waals surface area (Å²) in [6.45, 7) is 2.53. The van der Waals surface area contributed by atoms with Crippen LogP contribution in [0.4, 0.5) is 0 Å². The molecule has 0 bridgehead atoms. The average Bonchev–Trinajstić information content (AvgIpc) is 2.86. The van der Waals surface area contributed by atoms with Gasteiger partial charge in [-0.25, -0.2) is 0 Å². The highest BCUT2D eigenvalue weighted by molar-refractivity contribution is 7.99. The maximum absolute atomic E-state index is 12.2. The Kier molecular flexibility index (Phi) is 5.51. The van der Waals surface area contributed by atoms with Gasteiger partial charge in [-0.05, 0) is 18.8 Å². The molecule has 2 saturated heterocycles. The number of likely N-dealkylation sites (tertiary alicyclic amines) is 1. The van der Waals surface area contributed by atoms with Gasteiger partial charge in [0.2, 0.25) is 5.91 Å². The van der Waals surface area contributed by atoms with Gasteiger partial charge in [-0.3, -0.25) is 9.59 Å². The van der Waals surface area contributed by atoms with Crippen molar-refractivity contribution in [3.05, 3.63) is 0 Å². The zero-order valence-electron chi connectivity index (χ0n) is 11.1. The van der Waals surface area contributed by atoms with E-state index in [2.05, 4.69) is 5.32 Å². The van der Waals surface area contributed by atoms with Gasteiger partial charge in [0, 0.05) is 50.0 Å². The Morgan fingerprint density at radius 3 is 2.95 bits per heavy atom. The number of aliphatic carboxylic acids is 1. The van der Waals surface area contributed by atoms with Gasteiger partial charge in [0.1, 0.15) is 0 Å². The van der Waals surface area contributed by atoms with E-state index in [1.807, 2.05) is 16.7 Å². The zero-order chi connectivity index (χ0) is 13.7. The molecule has 2 atom stereocenters. The number of amides is 1. The van der Waals surface area contributed by atoms with Crippen molar-refractivity contribution < 1.29 is 14.7 Å². The van der Waals surface area contributed by atoms with Crippen molar-refractivity contribution in [3.63, 3.8) is 0 Å². The van der Waals surface area contributed by atoms with Crippen molar-refractivity contribution >= 4 is 23.6 Å². The first-order valence-corrected chi connectivity index (χ1v) is 8.11. The molecule has 2 heterocycles.